The number of rotatable bonds is 12. The molecule has 0 bridgehead atoms. The summed E-state index contributed by atoms with van der Waals surface area (Å²) in [6.07, 6.45) is 1.46. The van der Waals surface area contributed by atoms with E-state index in [1.54, 1.807) is 0 Å². The van der Waals surface area contributed by atoms with Crippen LogP contribution >= 0.6 is 23.1 Å². The number of benzene rings is 1. The molecule has 8 nitrogen and oxygen atoms in total. The minimum absolute atomic E-state index is 0.0157. The maximum absolute atomic E-state index is 12.0. The smallest absolute Gasteiger partial charge is 0.326 e. The Morgan fingerprint density at radius 3 is 2.66 bits per heavy atom. The highest BCUT2D eigenvalue weighted by Gasteiger charge is 2.19. The van der Waals surface area contributed by atoms with E-state index >= 15 is 0 Å². The average Bonchev–Trinajstić information content (AvgIpc) is 3.21. The van der Waals surface area contributed by atoms with Crippen LogP contribution in [0.25, 0.3) is 11.3 Å². The van der Waals surface area contributed by atoms with Gasteiger partial charge >= 0.3 is 11.9 Å². The van der Waals surface area contributed by atoms with Crippen molar-refractivity contribution in [2.45, 2.75) is 36.9 Å². The molecule has 0 aliphatic rings. The normalized spacial score (nSPS) is 11.8. The number of aryl methyl sites for hydroxylation is 1. The number of thiophene rings is 1. The number of anilines is 1. The molecule has 4 N–H and O–H groups in total. The minimum atomic E-state index is -1.07. The van der Waals surface area contributed by atoms with Gasteiger partial charge in [0.05, 0.1) is 10.7 Å². The van der Waals surface area contributed by atoms with Crippen LogP contribution in [0.15, 0.2) is 58.5 Å². The van der Waals surface area contributed by atoms with Crippen molar-refractivity contribution in [2.75, 3.05) is 11.1 Å². The van der Waals surface area contributed by atoms with Crippen molar-refractivity contribution in [3.8, 4) is 11.3 Å². The van der Waals surface area contributed by atoms with Crippen molar-refractivity contribution >= 4 is 40.0 Å². The first-order chi connectivity index (χ1) is 15.4. The topological polar surface area (TPSA) is 132 Å². The summed E-state index contributed by atoms with van der Waals surface area (Å²) in [4.78, 5) is 42.4. The average molecular weight is 474 g/mol. The van der Waals surface area contributed by atoms with E-state index < -0.39 is 18.0 Å². The Morgan fingerprint density at radius 1 is 1.16 bits per heavy atom. The summed E-state index contributed by atoms with van der Waals surface area (Å²) in [5.41, 5.74) is 1.34. The number of aromatic nitrogens is 2. The SMILES string of the molecule is O=C(O)CC[C@H](Nc1ccc(CCCSc2nc(-c3ccccc3)cc(=O)[nH]2)s1)C(=O)O. The quantitative estimate of drug-likeness (QED) is 0.177. The molecule has 0 saturated heterocycles. The molecule has 0 saturated carbocycles. The Labute approximate surface area is 192 Å². The van der Waals surface area contributed by atoms with Gasteiger partial charge < -0.3 is 20.5 Å². The van der Waals surface area contributed by atoms with Crippen molar-refractivity contribution in [3.05, 3.63) is 63.8 Å². The lowest BCUT2D eigenvalue weighted by Gasteiger charge is -2.12. The van der Waals surface area contributed by atoms with Crippen LogP contribution in [0.3, 0.4) is 0 Å². The second-order valence-electron chi connectivity index (χ2n) is 6.99. The van der Waals surface area contributed by atoms with Gasteiger partial charge in [-0.3, -0.25) is 9.59 Å². The molecule has 3 rings (SSSR count). The van der Waals surface area contributed by atoms with Gasteiger partial charge in [-0.1, -0.05) is 42.1 Å². The zero-order valence-corrected chi connectivity index (χ0v) is 18.7. The van der Waals surface area contributed by atoms with Crippen LogP contribution in [0, 0.1) is 0 Å². The summed E-state index contributed by atoms with van der Waals surface area (Å²) in [6, 6.07) is 13.8. The molecule has 1 atom stereocenters. The fraction of sp³-hybridized carbons (Fsp3) is 0.273. The first-order valence-corrected chi connectivity index (χ1v) is 11.8. The minimum Gasteiger partial charge on any atom is -0.481 e. The maximum atomic E-state index is 12.0. The molecule has 0 radical (unpaired) electrons. The van der Waals surface area contributed by atoms with E-state index in [2.05, 4.69) is 15.3 Å². The summed E-state index contributed by atoms with van der Waals surface area (Å²) >= 11 is 2.94. The molecule has 0 fully saturated rings. The van der Waals surface area contributed by atoms with Gasteiger partial charge in [0, 0.05) is 28.7 Å². The van der Waals surface area contributed by atoms with Crippen molar-refractivity contribution in [1.29, 1.82) is 0 Å². The molecule has 3 aromatic rings. The number of hydrogen-bond acceptors (Lipinski definition) is 7. The summed E-state index contributed by atoms with van der Waals surface area (Å²) in [5.74, 6) is -1.33. The number of H-pyrrole nitrogens is 1. The molecular formula is C22H23N3O5S2. The lowest BCUT2D eigenvalue weighted by atomic mass is 10.1. The predicted molar refractivity (Wildman–Crippen MR) is 126 cm³/mol. The summed E-state index contributed by atoms with van der Waals surface area (Å²) in [5, 5.41) is 22.2. The van der Waals surface area contributed by atoms with Gasteiger partial charge in [0.1, 0.15) is 6.04 Å². The molecule has 168 valence electrons. The number of nitrogens with zero attached hydrogens (tertiary/aromatic N) is 1. The molecule has 0 spiro atoms. The third-order valence-electron chi connectivity index (χ3n) is 4.52. The van der Waals surface area contributed by atoms with E-state index in [-0.39, 0.29) is 18.4 Å². The second kappa shape index (κ2) is 11.5. The molecule has 2 aromatic heterocycles. The van der Waals surface area contributed by atoms with Gasteiger partial charge in [0.15, 0.2) is 5.16 Å². The van der Waals surface area contributed by atoms with E-state index in [0.717, 1.165) is 29.0 Å². The van der Waals surface area contributed by atoms with Crippen LogP contribution in [0.5, 0.6) is 0 Å². The number of nitrogens with one attached hydrogen (secondary N) is 2. The first kappa shape index (κ1) is 23.6. The fourth-order valence-electron chi connectivity index (χ4n) is 2.96. The summed E-state index contributed by atoms with van der Waals surface area (Å²) < 4.78 is 0. The molecule has 0 unspecified atom stereocenters. The number of aromatic amines is 1. The van der Waals surface area contributed by atoms with Gasteiger partial charge in [-0.2, -0.15) is 0 Å². The molecule has 2 heterocycles. The number of thioether (sulfide) groups is 1. The molecule has 32 heavy (non-hydrogen) atoms. The van der Waals surface area contributed by atoms with Crippen LogP contribution in [0.4, 0.5) is 5.00 Å². The Bertz CT molecular complexity index is 1110. The number of aliphatic carboxylic acids is 2. The molecular weight excluding hydrogens is 450 g/mol. The van der Waals surface area contributed by atoms with Gasteiger partial charge in [-0.25, -0.2) is 9.78 Å². The van der Waals surface area contributed by atoms with Crippen molar-refractivity contribution in [3.63, 3.8) is 0 Å². The van der Waals surface area contributed by atoms with Gasteiger partial charge in [0.25, 0.3) is 5.56 Å². The number of carbonyl (C=O) groups is 2. The van der Waals surface area contributed by atoms with Crippen molar-refractivity contribution < 1.29 is 19.8 Å². The lowest BCUT2D eigenvalue weighted by Crippen LogP contribution is -2.29. The van der Waals surface area contributed by atoms with Gasteiger partial charge in [-0.15, -0.1) is 11.3 Å². The van der Waals surface area contributed by atoms with Crippen molar-refractivity contribution in [1.82, 2.24) is 9.97 Å². The number of hydrogen-bond donors (Lipinski definition) is 4. The molecule has 0 amide bonds. The molecule has 0 aliphatic carbocycles. The summed E-state index contributed by atoms with van der Waals surface area (Å²) in [7, 11) is 0. The van der Waals surface area contributed by atoms with Crippen LogP contribution in [-0.2, 0) is 16.0 Å². The standard InChI is InChI=1S/C22H23N3O5S2/c26-18-13-17(14-5-2-1-3-6-14)24-22(25-18)31-12-4-7-15-8-10-19(32-15)23-16(21(29)30)9-11-20(27)28/h1-3,5-6,8,10,13,16,23H,4,7,9,11-12H2,(H,27,28)(H,29,30)(H,24,25,26)/t16-/m0/s1. The monoisotopic (exact) mass is 473 g/mol. The van der Waals surface area contributed by atoms with Crippen LogP contribution < -0.4 is 10.9 Å². The van der Waals surface area contributed by atoms with E-state index in [9.17, 15) is 19.5 Å². The van der Waals surface area contributed by atoms with Crippen LogP contribution in [-0.4, -0.2) is 43.9 Å². The highest BCUT2D eigenvalue weighted by molar-refractivity contribution is 7.99. The first-order valence-electron chi connectivity index (χ1n) is 10.00. The van der Waals surface area contributed by atoms with Gasteiger partial charge in [0.2, 0.25) is 0 Å². The van der Waals surface area contributed by atoms with E-state index in [1.807, 2.05) is 42.5 Å². The second-order valence-corrected chi connectivity index (χ2v) is 9.24. The van der Waals surface area contributed by atoms with E-state index in [0.29, 0.717) is 15.9 Å². The fourth-order valence-corrected chi connectivity index (χ4v) is 4.78. The largest absolute Gasteiger partial charge is 0.481 e. The van der Waals surface area contributed by atoms with E-state index in [4.69, 9.17) is 5.11 Å². The highest BCUT2D eigenvalue weighted by Crippen LogP contribution is 2.26. The molecule has 1 aromatic carbocycles. The van der Waals surface area contributed by atoms with Crippen molar-refractivity contribution in [2.24, 2.45) is 0 Å². The third-order valence-corrected chi connectivity index (χ3v) is 6.55. The predicted octanol–water partition coefficient (Wildman–Crippen LogP) is 3.95. The summed E-state index contributed by atoms with van der Waals surface area (Å²) in [6.45, 7) is 0. The third kappa shape index (κ3) is 7.24. The number of carboxylic acid groups (broad SMARTS) is 2. The molecule has 0 aliphatic heterocycles. The number of carboxylic acids is 2. The Hall–Kier alpha value is -3.11. The zero-order valence-electron chi connectivity index (χ0n) is 17.1. The zero-order chi connectivity index (χ0) is 22.9. The van der Waals surface area contributed by atoms with Gasteiger partial charge in [-0.05, 0) is 31.4 Å². The van der Waals surface area contributed by atoms with Crippen LogP contribution in [0.2, 0.25) is 0 Å². The van der Waals surface area contributed by atoms with Crippen LogP contribution in [0.1, 0.15) is 24.1 Å². The lowest BCUT2D eigenvalue weighted by molar-refractivity contribution is -0.139. The maximum Gasteiger partial charge on any atom is 0.326 e. The molecule has 10 heteroatoms. The van der Waals surface area contributed by atoms with E-state index in [1.165, 1.54) is 29.2 Å². The highest BCUT2D eigenvalue weighted by atomic mass is 32.2. The Balaban J connectivity index is 1.50. The Kier molecular flexibility index (Phi) is 8.46. The Morgan fingerprint density at radius 2 is 1.94 bits per heavy atom.